The number of nitrogens with one attached hydrogen (secondary N) is 7. The molecule has 3 aliphatic rings. The lowest BCUT2D eigenvalue weighted by Crippen LogP contribution is -2.57. The van der Waals surface area contributed by atoms with E-state index in [9.17, 15) is 67.7 Å². The van der Waals surface area contributed by atoms with E-state index in [0.717, 1.165) is 28.2 Å². The van der Waals surface area contributed by atoms with E-state index in [4.69, 9.17) is 61.8 Å². The van der Waals surface area contributed by atoms with Gasteiger partial charge in [-0.05, 0) is 99.6 Å². The van der Waals surface area contributed by atoms with Gasteiger partial charge in [0, 0.05) is 86.4 Å². The van der Waals surface area contributed by atoms with Crippen LogP contribution in [-0.2, 0) is 137 Å². The number of unbranched alkanes of at least 4 members (excludes halogenated alkanes) is 1. The molecule has 0 aliphatic carbocycles. The Kier molecular flexibility index (Phi) is 40.4. The minimum absolute atomic E-state index is 0.0102. The highest BCUT2D eigenvalue weighted by Crippen LogP contribution is 2.41. The first-order valence-corrected chi connectivity index (χ1v) is 39.4. The Morgan fingerprint density at radius 1 is 0.615 bits per heavy atom. The van der Waals surface area contributed by atoms with Crippen LogP contribution in [0.1, 0.15) is 127 Å². The molecule has 9 N–H and O–H groups in total. The maximum absolute atomic E-state index is 15.9. The van der Waals surface area contributed by atoms with Crippen molar-refractivity contribution in [2.45, 2.75) is 155 Å². The molecule has 644 valence electrons. The molecule has 0 saturated heterocycles. The summed E-state index contributed by atoms with van der Waals surface area (Å²) in [6, 6.07) is 5.91. The first kappa shape index (κ1) is 94.4. The fraction of sp³-hybridized carbons (Fsp3) is 0.588. The molecule has 4 aromatic rings. The normalized spacial score (nSPS) is 15.1. The molecule has 0 saturated carbocycles. The topological polar surface area (TPSA) is 461 Å². The molecular weight excluding hydrogens is 1540 g/mol. The number of hydrogen-bond acceptors (Lipinski definition) is 26. The summed E-state index contributed by atoms with van der Waals surface area (Å²) in [6.07, 6.45) is 2.42. The van der Waals surface area contributed by atoms with Crippen molar-refractivity contribution in [3.63, 3.8) is 0 Å². The standard InChI is InChI=1S/C80H111FN10O26/c1-7-55-56-43-65(60(81)45-63(56)88-73-57(55)46-91-64(73)44-59-58(78(91)103)48-117-79(104)80(59,105)8-2)116-47-53-16-18-54(19-17-53)85-74(99)52(5)84-77(102)72(51(3)4)89-76(101)62(20-23-71(97)98)87-66(92)14-11-25-83-75(100)61(86-67(93)15-12-26-90-69(95)21-22-70(90)96)13-9-10-24-82-68(94)49-113-40-42-115-50-114-41-39-112-38-37-111-36-35-110-34-33-109-32-31-108-30-29-107-28-27-106-6/h16-19,21-22,43-45,51-52,61-62,72,105H,7-15,20,23-42,46-50H2,1-6H3,(H,82,94)(H,83,100)(H,84,102)(H,85,99)(H,86,93)(H,87,92)(H,89,101)(H,97,98)/t52-,61-,62-,72-,80-/m0/s1. The van der Waals surface area contributed by atoms with Crippen molar-refractivity contribution in [1.29, 1.82) is 0 Å². The van der Waals surface area contributed by atoms with Gasteiger partial charge in [0.1, 0.15) is 50.8 Å². The van der Waals surface area contributed by atoms with Crippen molar-refractivity contribution in [3.05, 3.63) is 98.6 Å². The van der Waals surface area contributed by atoms with E-state index in [2.05, 4.69) is 37.2 Å². The first-order chi connectivity index (χ1) is 56.4. The van der Waals surface area contributed by atoms with Gasteiger partial charge in [-0.2, -0.15) is 0 Å². The number of cyclic esters (lactones) is 1. The summed E-state index contributed by atoms with van der Waals surface area (Å²) in [4.78, 5) is 162. The van der Waals surface area contributed by atoms with Gasteiger partial charge in [-0.15, -0.1) is 0 Å². The van der Waals surface area contributed by atoms with Gasteiger partial charge < -0.3 is 109 Å². The fourth-order valence-electron chi connectivity index (χ4n) is 12.6. The molecule has 37 heteroatoms. The Balaban J connectivity index is 0.778. The Hall–Kier alpha value is -9.80. The van der Waals surface area contributed by atoms with E-state index in [1.807, 2.05) is 6.92 Å². The van der Waals surface area contributed by atoms with E-state index in [0.29, 0.717) is 139 Å². The summed E-state index contributed by atoms with van der Waals surface area (Å²) in [6.45, 7) is 14.2. The van der Waals surface area contributed by atoms with E-state index >= 15 is 4.39 Å². The minimum Gasteiger partial charge on any atom is -0.486 e. The van der Waals surface area contributed by atoms with Gasteiger partial charge in [-0.25, -0.2) is 14.2 Å². The number of benzene rings is 2. The molecule has 0 unspecified atom stereocenters. The third kappa shape index (κ3) is 30.3. The summed E-state index contributed by atoms with van der Waals surface area (Å²) in [5, 5.41) is 40.0. The number of aromatic nitrogens is 2. The van der Waals surface area contributed by atoms with E-state index in [-0.39, 0.29) is 134 Å². The van der Waals surface area contributed by atoms with Crippen molar-refractivity contribution < 1.29 is 124 Å². The van der Waals surface area contributed by atoms with Crippen molar-refractivity contribution >= 4 is 81.7 Å². The maximum Gasteiger partial charge on any atom is 0.343 e. The number of aryl methyl sites for hydroxylation is 1. The Labute approximate surface area is 677 Å². The predicted octanol–water partition coefficient (Wildman–Crippen LogP) is 2.42. The number of halogens is 1. The van der Waals surface area contributed by atoms with Crippen LogP contribution in [0.5, 0.6) is 5.75 Å². The van der Waals surface area contributed by atoms with Crippen molar-refractivity contribution in [3.8, 4) is 17.1 Å². The fourth-order valence-corrected chi connectivity index (χ4v) is 12.6. The number of aliphatic carboxylic acids is 1. The lowest BCUT2D eigenvalue weighted by Gasteiger charge is -2.31. The van der Waals surface area contributed by atoms with Gasteiger partial charge in [0.2, 0.25) is 41.4 Å². The molecule has 36 nitrogen and oxygen atoms in total. The SMILES string of the molecule is CCc1c2c(nc3cc(F)c(OCc4ccc(NC(=O)[C@H](C)NC(=O)[C@@H](NC(=O)[C@H](CCC(=O)O)NC(=O)CCCNC(=O)[C@H](CCCCNC(=O)COCCOCOCCOCCOCCOCCOCCOCCOCCOC)NC(=O)CCCN5C(=O)C=CC5=O)C(C)C)cc4)cc13)-c1cc3c(c(=O)n1C2)COC(=O)[C@]3(O)CC. The van der Waals surface area contributed by atoms with E-state index < -0.39 is 119 Å². The number of carboxylic acid groups (broad SMARTS) is 1. The third-order valence-electron chi connectivity index (χ3n) is 19.0. The molecule has 0 spiro atoms. The summed E-state index contributed by atoms with van der Waals surface area (Å²) in [5.41, 5.74) is 1.52. The number of hydrogen-bond donors (Lipinski definition) is 9. The zero-order chi connectivity index (χ0) is 84.7. The minimum atomic E-state index is -2.01. The monoisotopic (exact) mass is 1650 g/mol. The molecule has 0 bridgehead atoms. The number of carboxylic acids is 1. The average molecular weight is 1650 g/mol. The van der Waals surface area contributed by atoms with Crippen LogP contribution in [0.3, 0.4) is 0 Å². The quantitative estimate of drug-likeness (QED) is 0.0117. The highest BCUT2D eigenvalue weighted by molar-refractivity contribution is 6.13. The van der Waals surface area contributed by atoms with Crippen LogP contribution in [-0.4, -0.2) is 260 Å². The summed E-state index contributed by atoms with van der Waals surface area (Å²) in [7, 11) is 1.62. The highest BCUT2D eigenvalue weighted by atomic mass is 19.1. The molecule has 9 amide bonds. The van der Waals surface area contributed by atoms with Gasteiger partial charge in [-0.1, -0.05) is 39.8 Å². The Morgan fingerprint density at radius 3 is 1.77 bits per heavy atom. The zero-order valence-corrected chi connectivity index (χ0v) is 67.2. The van der Waals surface area contributed by atoms with Gasteiger partial charge in [0.25, 0.3) is 17.4 Å². The number of methoxy groups -OCH3 is 1. The second kappa shape index (κ2) is 50.1. The number of amides is 9. The number of fused-ring (bicyclic) bond motifs is 5. The number of carbonyl (C=O) groups excluding carboxylic acids is 10. The molecule has 0 radical (unpaired) electrons. The van der Waals surface area contributed by atoms with Gasteiger partial charge in [-0.3, -0.25) is 57.6 Å². The molecule has 2 aromatic carbocycles. The molecule has 7 rings (SSSR count). The van der Waals surface area contributed by atoms with Gasteiger partial charge in [0.15, 0.2) is 17.2 Å². The second-order valence-electron chi connectivity index (χ2n) is 27.9. The van der Waals surface area contributed by atoms with Crippen LogP contribution in [0.4, 0.5) is 10.1 Å². The molecule has 5 atom stereocenters. The number of imide groups is 1. The molecule has 2 aromatic heterocycles. The van der Waals surface area contributed by atoms with Gasteiger partial charge >= 0.3 is 11.9 Å². The maximum atomic E-state index is 15.9. The molecule has 5 heterocycles. The number of pyridine rings is 2. The molecule has 117 heavy (non-hydrogen) atoms. The van der Waals surface area contributed by atoms with Crippen molar-refractivity contribution in [2.75, 3.05) is 151 Å². The second-order valence-corrected chi connectivity index (χ2v) is 27.9. The van der Waals surface area contributed by atoms with Crippen LogP contribution >= 0.6 is 0 Å². The number of rotatable bonds is 59. The first-order valence-electron chi connectivity index (χ1n) is 39.4. The van der Waals surface area contributed by atoms with Crippen LogP contribution in [0, 0.1) is 11.7 Å². The summed E-state index contributed by atoms with van der Waals surface area (Å²) >= 11 is 0. The van der Waals surface area contributed by atoms with Crippen LogP contribution in [0.15, 0.2) is 59.4 Å². The number of ether oxygens (including phenoxy) is 12. The van der Waals surface area contributed by atoms with Crippen molar-refractivity contribution in [1.82, 2.24) is 46.4 Å². The molecule has 3 aliphatic heterocycles. The molecular formula is C80H111FN10O26. The van der Waals surface area contributed by atoms with Crippen LogP contribution in [0.2, 0.25) is 0 Å². The number of nitrogens with zero attached hydrogens (tertiary/aromatic N) is 3. The smallest absolute Gasteiger partial charge is 0.343 e. The largest absolute Gasteiger partial charge is 0.486 e. The van der Waals surface area contributed by atoms with Crippen LogP contribution < -0.4 is 47.5 Å². The summed E-state index contributed by atoms with van der Waals surface area (Å²) < 4.78 is 82.3. The Bertz CT molecular complexity index is 4070. The van der Waals surface area contributed by atoms with Gasteiger partial charge in [0.05, 0.1) is 135 Å². The lowest BCUT2D eigenvalue weighted by molar-refractivity contribution is -0.172. The summed E-state index contributed by atoms with van der Waals surface area (Å²) in [5.74, 6) is -8.99. The molecule has 0 fully saturated rings. The number of anilines is 1. The highest BCUT2D eigenvalue weighted by Gasteiger charge is 2.46. The third-order valence-corrected chi connectivity index (χ3v) is 19.0. The Morgan fingerprint density at radius 2 is 1.19 bits per heavy atom. The zero-order valence-electron chi connectivity index (χ0n) is 67.2. The number of aliphatic hydroxyl groups is 1. The number of esters is 1. The van der Waals surface area contributed by atoms with Crippen LogP contribution in [0.25, 0.3) is 22.3 Å². The number of carbonyl (C=O) groups is 11. The lowest BCUT2D eigenvalue weighted by atomic mass is 9.86. The van der Waals surface area contributed by atoms with E-state index in [1.165, 1.54) is 17.6 Å². The van der Waals surface area contributed by atoms with E-state index in [1.54, 1.807) is 64.3 Å². The van der Waals surface area contributed by atoms with Crippen molar-refractivity contribution in [2.24, 2.45) is 5.92 Å². The average Bonchev–Trinajstić information content (AvgIpc) is 1.60. The predicted molar refractivity (Wildman–Crippen MR) is 417 cm³/mol.